The highest BCUT2D eigenvalue weighted by atomic mass is 32.1. The maximum absolute atomic E-state index is 12.1. The van der Waals surface area contributed by atoms with E-state index in [0.29, 0.717) is 6.10 Å². The van der Waals surface area contributed by atoms with Crippen molar-refractivity contribution in [3.63, 3.8) is 0 Å². The van der Waals surface area contributed by atoms with E-state index in [2.05, 4.69) is 22.5 Å². The normalized spacial score (nSPS) is 20.6. The summed E-state index contributed by atoms with van der Waals surface area (Å²) in [6, 6.07) is 0.0309. The van der Waals surface area contributed by atoms with Crippen molar-refractivity contribution >= 4 is 17.4 Å². The second-order valence-corrected chi connectivity index (χ2v) is 6.91. The van der Waals surface area contributed by atoms with Crippen LogP contribution in [0.15, 0.2) is 5.38 Å². The van der Waals surface area contributed by atoms with E-state index < -0.39 is 0 Å². The van der Waals surface area contributed by atoms with E-state index in [4.69, 9.17) is 4.74 Å². The van der Waals surface area contributed by atoms with Gasteiger partial charge >= 0.3 is 6.03 Å². The van der Waals surface area contributed by atoms with Crippen LogP contribution in [0, 0.1) is 6.92 Å². The molecule has 124 valence electrons. The van der Waals surface area contributed by atoms with Crippen molar-refractivity contribution in [2.24, 2.45) is 0 Å². The Hall–Kier alpha value is -1.14. The number of aromatic nitrogens is 1. The van der Waals surface area contributed by atoms with Crippen LogP contribution >= 0.6 is 11.3 Å². The van der Waals surface area contributed by atoms with Crippen molar-refractivity contribution in [1.29, 1.82) is 0 Å². The van der Waals surface area contributed by atoms with E-state index in [1.165, 1.54) is 6.42 Å². The highest BCUT2D eigenvalue weighted by Gasteiger charge is 2.19. The van der Waals surface area contributed by atoms with Crippen LogP contribution in [0.4, 0.5) is 4.79 Å². The molecule has 1 saturated heterocycles. The summed E-state index contributed by atoms with van der Waals surface area (Å²) in [6.45, 7) is 6.96. The molecule has 1 aromatic heterocycles. The van der Waals surface area contributed by atoms with Gasteiger partial charge in [-0.3, -0.25) is 0 Å². The monoisotopic (exact) mass is 325 g/mol. The van der Waals surface area contributed by atoms with Gasteiger partial charge in [0.05, 0.1) is 12.1 Å². The number of carbonyl (C=O) groups is 1. The van der Waals surface area contributed by atoms with E-state index in [9.17, 15) is 4.79 Å². The fourth-order valence-corrected chi connectivity index (χ4v) is 3.60. The smallest absolute Gasteiger partial charge is 0.315 e. The largest absolute Gasteiger partial charge is 0.378 e. The molecule has 1 aliphatic rings. The first-order valence-corrected chi connectivity index (χ1v) is 9.07. The van der Waals surface area contributed by atoms with Crippen LogP contribution in [-0.2, 0) is 4.74 Å². The Kier molecular flexibility index (Phi) is 6.64. The van der Waals surface area contributed by atoms with Crippen molar-refractivity contribution in [3.05, 3.63) is 16.1 Å². The van der Waals surface area contributed by atoms with Gasteiger partial charge in [0, 0.05) is 23.7 Å². The minimum Gasteiger partial charge on any atom is -0.378 e. The van der Waals surface area contributed by atoms with Crippen LogP contribution in [0.5, 0.6) is 0 Å². The van der Waals surface area contributed by atoms with Crippen LogP contribution in [-0.4, -0.2) is 29.8 Å². The summed E-state index contributed by atoms with van der Waals surface area (Å²) >= 11 is 1.60. The second kappa shape index (κ2) is 8.48. The molecule has 0 aliphatic carbocycles. The summed E-state index contributed by atoms with van der Waals surface area (Å²) in [6.07, 6.45) is 5.51. The van der Waals surface area contributed by atoms with Crippen LogP contribution in [0.1, 0.15) is 62.7 Å². The Morgan fingerprint density at radius 2 is 2.36 bits per heavy atom. The molecule has 2 N–H and O–H groups in total. The minimum atomic E-state index is -0.112. The van der Waals surface area contributed by atoms with E-state index in [1.54, 1.807) is 11.3 Å². The zero-order valence-electron chi connectivity index (χ0n) is 13.7. The molecule has 6 heteroatoms. The summed E-state index contributed by atoms with van der Waals surface area (Å²) in [7, 11) is 0. The maximum atomic E-state index is 12.1. The molecular formula is C16H27N3O2S. The topological polar surface area (TPSA) is 63.2 Å². The number of hydrogen-bond acceptors (Lipinski definition) is 4. The summed E-state index contributed by atoms with van der Waals surface area (Å²) in [5.74, 6) is 0. The first kappa shape index (κ1) is 17.2. The molecule has 0 unspecified atom stereocenters. The van der Waals surface area contributed by atoms with E-state index in [1.807, 2.05) is 19.2 Å². The van der Waals surface area contributed by atoms with Crippen molar-refractivity contribution in [3.8, 4) is 0 Å². The molecule has 1 aliphatic heterocycles. The van der Waals surface area contributed by atoms with Crippen LogP contribution < -0.4 is 10.6 Å². The van der Waals surface area contributed by atoms with Crippen molar-refractivity contribution in [2.75, 3.05) is 6.61 Å². The summed E-state index contributed by atoms with van der Waals surface area (Å²) in [4.78, 5) is 16.6. The number of ether oxygens (including phenoxy) is 1. The van der Waals surface area contributed by atoms with Gasteiger partial charge in [-0.15, -0.1) is 11.3 Å². The summed E-state index contributed by atoms with van der Waals surface area (Å²) in [5, 5.41) is 9.03. The Bertz CT molecular complexity index is 472. The lowest BCUT2D eigenvalue weighted by Gasteiger charge is -2.19. The van der Waals surface area contributed by atoms with Crippen LogP contribution in [0.25, 0.3) is 0 Å². The third-order valence-electron chi connectivity index (χ3n) is 3.97. The molecule has 2 rings (SSSR count). The Morgan fingerprint density at radius 1 is 1.55 bits per heavy atom. The highest BCUT2D eigenvalue weighted by Crippen LogP contribution is 2.21. The van der Waals surface area contributed by atoms with Crippen LogP contribution in [0.2, 0.25) is 0 Å². The van der Waals surface area contributed by atoms with Crippen LogP contribution in [0.3, 0.4) is 0 Å². The minimum absolute atomic E-state index is 0.0101. The zero-order valence-corrected chi connectivity index (χ0v) is 14.5. The van der Waals surface area contributed by atoms with Gasteiger partial charge in [0.1, 0.15) is 5.01 Å². The van der Waals surface area contributed by atoms with Gasteiger partial charge in [-0.2, -0.15) is 0 Å². The molecule has 2 heterocycles. The maximum Gasteiger partial charge on any atom is 0.315 e. The molecule has 5 nitrogen and oxygen atoms in total. The number of nitrogens with zero attached hydrogens (tertiary/aromatic N) is 1. The predicted molar refractivity (Wildman–Crippen MR) is 89.2 cm³/mol. The number of nitrogens with one attached hydrogen (secondary N) is 2. The fourth-order valence-electron chi connectivity index (χ4n) is 2.67. The number of thiazole rings is 1. The average molecular weight is 325 g/mol. The predicted octanol–water partition coefficient (Wildman–Crippen LogP) is 3.55. The third-order valence-corrected chi connectivity index (χ3v) is 5.05. The number of amides is 2. The first-order chi connectivity index (χ1) is 10.6. The third kappa shape index (κ3) is 5.25. The van der Waals surface area contributed by atoms with Crippen molar-refractivity contribution in [1.82, 2.24) is 15.6 Å². The Balaban J connectivity index is 1.73. The van der Waals surface area contributed by atoms with E-state index in [0.717, 1.165) is 43.0 Å². The van der Waals surface area contributed by atoms with Gasteiger partial charge in [0.2, 0.25) is 0 Å². The molecule has 22 heavy (non-hydrogen) atoms. The number of aryl methyl sites for hydroxylation is 1. The molecule has 1 aromatic rings. The van der Waals surface area contributed by atoms with E-state index >= 15 is 0 Å². The molecule has 1 fully saturated rings. The van der Waals surface area contributed by atoms with Crippen molar-refractivity contribution < 1.29 is 9.53 Å². The number of urea groups is 1. The molecule has 0 spiro atoms. The lowest BCUT2D eigenvalue weighted by atomic mass is 10.1. The summed E-state index contributed by atoms with van der Waals surface area (Å²) in [5.41, 5.74) is 1.01. The zero-order chi connectivity index (χ0) is 15.9. The molecule has 0 bridgehead atoms. The van der Waals surface area contributed by atoms with Gasteiger partial charge in [-0.05, 0) is 46.0 Å². The van der Waals surface area contributed by atoms with Gasteiger partial charge in [-0.25, -0.2) is 9.78 Å². The van der Waals surface area contributed by atoms with Gasteiger partial charge < -0.3 is 15.4 Å². The molecule has 0 radical (unpaired) electrons. The first-order valence-electron chi connectivity index (χ1n) is 8.19. The standard InChI is InChI=1S/C16H27N3O2S/c1-4-14(15-17-12(3)10-22-15)19-16(20)18-11(2)7-8-13-6-5-9-21-13/h10-11,13-14H,4-9H2,1-3H3,(H2,18,19,20)/t11-,13-,14-/m0/s1. The SMILES string of the molecule is CC[C@H](NC(=O)N[C@@H](C)CC[C@@H]1CCCO1)c1nc(C)cs1. The number of hydrogen-bond donors (Lipinski definition) is 2. The molecule has 0 aromatic carbocycles. The summed E-state index contributed by atoms with van der Waals surface area (Å²) < 4.78 is 5.62. The Labute approximate surface area is 136 Å². The highest BCUT2D eigenvalue weighted by molar-refractivity contribution is 7.09. The molecule has 3 atom stereocenters. The quantitative estimate of drug-likeness (QED) is 0.806. The lowest BCUT2D eigenvalue weighted by Crippen LogP contribution is -2.42. The molecular weight excluding hydrogens is 298 g/mol. The fraction of sp³-hybridized carbons (Fsp3) is 0.750. The lowest BCUT2D eigenvalue weighted by molar-refractivity contribution is 0.100. The van der Waals surface area contributed by atoms with E-state index in [-0.39, 0.29) is 18.1 Å². The number of rotatable bonds is 7. The second-order valence-electron chi connectivity index (χ2n) is 6.02. The molecule has 0 saturated carbocycles. The Morgan fingerprint density at radius 3 is 2.95 bits per heavy atom. The van der Waals surface area contributed by atoms with Gasteiger partial charge in [-0.1, -0.05) is 6.92 Å². The van der Waals surface area contributed by atoms with Gasteiger partial charge in [0.15, 0.2) is 0 Å². The average Bonchev–Trinajstić information content (AvgIpc) is 3.14. The van der Waals surface area contributed by atoms with Crippen molar-refractivity contribution in [2.45, 2.75) is 71.1 Å². The van der Waals surface area contributed by atoms with Gasteiger partial charge in [0.25, 0.3) is 0 Å². The number of carbonyl (C=O) groups excluding carboxylic acids is 1. The molecule has 2 amide bonds.